The van der Waals surface area contributed by atoms with E-state index in [1.54, 1.807) is 41.5 Å². The summed E-state index contributed by atoms with van der Waals surface area (Å²) in [6.07, 6.45) is 7.65. The number of nitrogens with two attached hydrogens (primary N) is 1. The molecule has 2 saturated heterocycles. The summed E-state index contributed by atoms with van der Waals surface area (Å²) in [6.45, 7) is 17.7. The Morgan fingerprint density at radius 3 is 1.27 bits per heavy atom. The zero-order chi connectivity index (χ0) is 79.3. The number of halogens is 5. The Balaban J connectivity index is 0.000000212. The van der Waals surface area contributed by atoms with Gasteiger partial charge in [-0.3, -0.25) is 38.2 Å². The summed E-state index contributed by atoms with van der Waals surface area (Å²) in [4.78, 5) is 136. The first-order valence-corrected chi connectivity index (χ1v) is 39.9. The normalized spacial score (nSPS) is 24.4. The van der Waals surface area contributed by atoms with E-state index in [-0.39, 0.29) is 90.6 Å². The molecule has 6 saturated carbocycles. The van der Waals surface area contributed by atoms with Crippen molar-refractivity contribution in [3.8, 4) is 12.0 Å². The van der Waals surface area contributed by atoms with Crippen LogP contribution in [0.4, 0.5) is 35.7 Å². The molecule has 592 valence electrons. The highest BCUT2D eigenvalue weighted by molar-refractivity contribution is 7.91. The minimum Gasteiger partial charge on any atom is -0.458 e. The predicted molar refractivity (Wildman–Crippen MR) is 393 cm³/mol. The van der Waals surface area contributed by atoms with Crippen molar-refractivity contribution in [2.45, 2.75) is 214 Å². The number of hydrogen-bond acceptors (Lipinski definition) is 24. The van der Waals surface area contributed by atoms with Crippen LogP contribution in [0.5, 0.6) is 12.0 Å². The molecule has 9 N–H and O–H groups in total. The summed E-state index contributed by atoms with van der Waals surface area (Å²) >= 11 is 18.0. The van der Waals surface area contributed by atoms with E-state index in [9.17, 15) is 64.0 Å². The molecule has 4 heterocycles. The molecule has 0 spiro atoms. The molecule has 2 aromatic carbocycles. The summed E-state index contributed by atoms with van der Waals surface area (Å²) in [5, 5.41) is 11.7. The van der Waals surface area contributed by atoms with Gasteiger partial charge in [-0.05, 0) is 184 Å². The van der Waals surface area contributed by atoms with Gasteiger partial charge >= 0.3 is 24.2 Å². The van der Waals surface area contributed by atoms with Gasteiger partial charge in [-0.2, -0.15) is 29.9 Å². The number of hydrogen-bond donors (Lipinski definition) is 8. The highest BCUT2D eigenvalue weighted by Gasteiger charge is 2.64. The Bertz CT molecular complexity index is 4300. The third-order valence-corrected chi connectivity index (χ3v) is 23.9. The Kier molecular flexibility index (Phi) is 25.6. The molecule has 8 aliphatic rings. The number of carbonyl (C=O) groups excluding carboxylic acids is 8. The lowest BCUT2D eigenvalue weighted by atomic mass is 9.85. The molecule has 12 rings (SSSR count). The summed E-state index contributed by atoms with van der Waals surface area (Å²) < 4.78 is 103. The molecule has 0 radical (unpaired) electrons. The van der Waals surface area contributed by atoms with Gasteiger partial charge in [0.2, 0.25) is 65.5 Å². The van der Waals surface area contributed by atoms with E-state index >= 15 is 0 Å². The van der Waals surface area contributed by atoms with Gasteiger partial charge < -0.3 is 61.1 Å². The summed E-state index contributed by atoms with van der Waals surface area (Å²) in [6, 6.07) is 5.93. The van der Waals surface area contributed by atoms with Crippen LogP contribution < -0.4 is 51.2 Å². The summed E-state index contributed by atoms with van der Waals surface area (Å²) in [5.41, 5.74) is 1.45. The molecular formula is C70H89Cl3F2N16O16S2. The molecule has 2 aromatic heterocycles. The van der Waals surface area contributed by atoms with Crippen molar-refractivity contribution in [2.24, 2.45) is 22.7 Å². The Hall–Kier alpha value is -8.87. The maximum absolute atomic E-state index is 14.5. The number of alkyl carbamates (subject to hydrolysis) is 2. The van der Waals surface area contributed by atoms with Gasteiger partial charge in [0.05, 0.1) is 23.6 Å². The highest BCUT2D eigenvalue weighted by Crippen LogP contribution is 2.47. The van der Waals surface area contributed by atoms with Crippen LogP contribution in [0.1, 0.15) is 144 Å². The maximum Gasteiger partial charge on any atom is 0.408 e. The fraction of sp³-hybridized carbons (Fsp3) is 0.571. The van der Waals surface area contributed by atoms with Gasteiger partial charge in [0.25, 0.3) is 11.8 Å². The monoisotopic (exact) mass is 1620 g/mol. The SMILES string of the molecule is C=C[C@@H]1C[C@]1(NC(=O)[C@@H]1C[C@@H](Oc2nc(Cl)nc(Cl)n2)CN1C(=O)[C@@H](NC(=O)OC1CCCC1)C(C)(C)C)C(=O)NS(=O)(=O)C1CC1.C=C[C@@H]1C[C@]1(NC(=O)[C@@H]1C[C@@H](Oc2nc(Cl)nc(Nc3ccc(F)cc3)n2)CN1C(=O)[C@@H](NC(=O)OC1CCCC1)C(C)(C)C)C(=O)NS(=O)(=O)C1CC1.Nc1ccc(F)cc1. The third kappa shape index (κ3) is 21.4. The molecule has 10 atom stereocenters. The molecule has 6 aliphatic carbocycles. The molecule has 4 aromatic rings. The third-order valence-electron chi connectivity index (χ3n) is 19.8. The molecule has 32 nitrogen and oxygen atoms in total. The van der Waals surface area contributed by atoms with E-state index < -0.39 is 154 Å². The van der Waals surface area contributed by atoms with Crippen molar-refractivity contribution in [2.75, 3.05) is 24.1 Å². The quantitative estimate of drug-likeness (QED) is 0.0254. The number of amides is 8. The van der Waals surface area contributed by atoms with Crippen LogP contribution in [0.2, 0.25) is 15.9 Å². The molecular weight excluding hydrogens is 1530 g/mol. The second kappa shape index (κ2) is 33.8. The number of aromatic nitrogens is 6. The van der Waals surface area contributed by atoms with Crippen LogP contribution in [-0.2, 0) is 58.3 Å². The number of nitrogen functional groups attached to an aromatic ring is 1. The van der Waals surface area contributed by atoms with Crippen molar-refractivity contribution in [3.63, 3.8) is 0 Å². The van der Waals surface area contributed by atoms with E-state index in [1.807, 2.05) is 0 Å². The topological polar surface area (TPSA) is 436 Å². The standard InChI is InChI=1S/C35H44ClFN8O8S.C29H39Cl2N7O8S.C6H6FN/c1-5-19-17-35(19,29(48)44-54(50,51)24-14-15-24)43-27(46)25-16-23(52-32-41-30(36)40-31(42-32)38-21-12-10-20(37)11-13-21)18-45(25)28(47)26(34(2,3)4)39-33(49)53-22-8-6-7-9-22;1-5-15-13-29(15,23(41)37-47(43,44)18-10-11-18)36-21(39)19-12-17(45-26-34-24(30)33-25(31)35-26)14-38(19)22(40)20(28(2,3)4)32-27(42)46-16-8-6-7-9-16;7-5-1-3-6(8)4-2-5/h5,10-13,19,22-26H,1,6-9,14-18H2,2-4H3,(H,39,49)(H,43,46)(H,44,48)(H,38,40,41,42);5,15-20H,1,6-14H2,2-4H3,(H,32,42)(H,36,39)(H,37,41);1-4H,8H2/t19-,23-,25+,26-,35-;15-,17-,19+,20-,29-;/m11./s1. The molecule has 8 fully saturated rings. The lowest BCUT2D eigenvalue weighted by Gasteiger charge is -2.35. The van der Waals surface area contributed by atoms with Crippen LogP contribution in [0.25, 0.3) is 0 Å². The van der Waals surface area contributed by atoms with Crippen molar-refractivity contribution >= 4 is 120 Å². The van der Waals surface area contributed by atoms with Gasteiger partial charge in [-0.25, -0.2) is 35.2 Å². The first-order valence-electron chi connectivity index (χ1n) is 35.7. The van der Waals surface area contributed by atoms with E-state index in [0.29, 0.717) is 37.1 Å². The van der Waals surface area contributed by atoms with Crippen molar-refractivity contribution in [3.05, 3.63) is 101 Å². The minimum atomic E-state index is -3.93. The second-order valence-corrected chi connectivity index (χ2v) is 35.3. The van der Waals surface area contributed by atoms with E-state index in [4.69, 9.17) is 59.5 Å². The average Bonchev–Trinajstić information content (AvgIpc) is 1.58. The molecule has 0 unspecified atom stereocenters. The Morgan fingerprint density at radius 1 is 0.550 bits per heavy atom. The molecule has 39 heteroatoms. The predicted octanol–water partition coefficient (Wildman–Crippen LogP) is 7.20. The molecule has 109 heavy (non-hydrogen) atoms. The van der Waals surface area contributed by atoms with Crippen molar-refractivity contribution < 1.29 is 82.9 Å². The number of ether oxygens (including phenoxy) is 4. The zero-order valence-electron chi connectivity index (χ0n) is 60.7. The number of nitrogens with zero attached hydrogens (tertiary/aromatic N) is 8. The van der Waals surface area contributed by atoms with Gasteiger partial charge in [0.15, 0.2) is 0 Å². The second-order valence-electron chi connectivity index (χ2n) is 30.4. The van der Waals surface area contributed by atoms with Crippen LogP contribution >= 0.6 is 34.8 Å². The van der Waals surface area contributed by atoms with Gasteiger partial charge in [-0.1, -0.05) is 53.7 Å². The number of anilines is 3. The number of rotatable bonds is 24. The van der Waals surface area contributed by atoms with Gasteiger partial charge in [0, 0.05) is 36.1 Å². The number of carbonyl (C=O) groups is 8. The first-order chi connectivity index (χ1) is 51.3. The fourth-order valence-corrected chi connectivity index (χ4v) is 16.5. The number of benzene rings is 2. The number of nitrogens with one attached hydrogen (secondary N) is 7. The number of sulfonamides is 2. The molecule has 0 bridgehead atoms. The van der Waals surface area contributed by atoms with Crippen LogP contribution in [0, 0.1) is 34.3 Å². The molecule has 8 amide bonds. The lowest BCUT2D eigenvalue weighted by molar-refractivity contribution is -0.143. The highest BCUT2D eigenvalue weighted by atomic mass is 35.5. The Labute approximate surface area is 644 Å². The van der Waals surface area contributed by atoms with Crippen LogP contribution in [-0.4, -0.2) is 187 Å². The van der Waals surface area contributed by atoms with Gasteiger partial charge in [-0.15, -0.1) is 13.2 Å². The minimum absolute atomic E-state index is 0.0205. The zero-order valence-corrected chi connectivity index (χ0v) is 64.6. The van der Waals surface area contributed by atoms with E-state index in [1.165, 1.54) is 70.5 Å². The smallest absolute Gasteiger partial charge is 0.408 e. The van der Waals surface area contributed by atoms with Crippen LogP contribution in [0.15, 0.2) is 73.8 Å². The average molecular weight is 1620 g/mol. The maximum atomic E-state index is 14.5. The first kappa shape index (κ1) is 82.6. The lowest BCUT2D eigenvalue weighted by Crippen LogP contribution is -2.60. The number of likely N-dealkylation sites (tertiary alicyclic amines) is 2. The fourth-order valence-electron chi connectivity index (χ4n) is 13.3. The summed E-state index contributed by atoms with van der Waals surface area (Å²) in [5.74, 6) is -6.25. The van der Waals surface area contributed by atoms with Gasteiger partial charge in [0.1, 0.15) is 71.3 Å². The van der Waals surface area contributed by atoms with Crippen molar-refractivity contribution in [1.82, 2.24) is 70.4 Å². The van der Waals surface area contributed by atoms with E-state index in [2.05, 4.69) is 79.1 Å². The van der Waals surface area contributed by atoms with E-state index in [0.717, 1.165) is 51.4 Å². The van der Waals surface area contributed by atoms with Crippen molar-refractivity contribution in [1.29, 1.82) is 0 Å². The Morgan fingerprint density at radius 2 is 0.917 bits per heavy atom. The largest absolute Gasteiger partial charge is 0.458 e. The summed E-state index contributed by atoms with van der Waals surface area (Å²) in [7, 11) is -7.83. The molecule has 2 aliphatic heterocycles. The van der Waals surface area contributed by atoms with Crippen LogP contribution in [0.3, 0.4) is 0 Å².